The summed E-state index contributed by atoms with van der Waals surface area (Å²) in [6, 6.07) is 5.22. The molecule has 0 fully saturated rings. The van der Waals surface area contributed by atoms with Gasteiger partial charge >= 0.3 is 0 Å². The van der Waals surface area contributed by atoms with Crippen molar-refractivity contribution in [2.45, 2.75) is 39.2 Å². The van der Waals surface area contributed by atoms with Gasteiger partial charge in [0.2, 0.25) is 0 Å². The van der Waals surface area contributed by atoms with Gasteiger partial charge in [-0.25, -0.2) is 4.39 Å². The maximum absolute atomic E-state index is 13.6. The van der Waals surface area contributed by atoms with E-state index in [1.165, 1.54) is 11.6 Å². The second-order valence-electron chi connectivity index (χ2n) is 5.57. The Morgan fingerprint density at radius 1 is 1.38 bits per heavy atom. The van der Waals surface area contributed by atoms with Crippen LogP contribution in [0.25, 0.3) is 0 Å². The molecule has 4 heteroatoms. The highest BCUT2D eigenvalue weighted by Crippen LogP contribution is 2.23. The second kappa shape index (κ2) is 7.36. The highest BCUT2D eigenvalue weighted by atomic mass is 19.1. The minimum Gasteiger partial charge on any atom is -0.310 e. The number of aromatic nitrogens is 2. The van der Waals surface area contributed by atoms with E-state index in [-0.39, 0.29) is 11.9 Å². The molecule has 0 saturated heterocycles. The van der Waals surface area contributed by atoms with Gasteiger partial charge in [0.25, 0.3) is 0 Å². The van der Waals surface area contributed by atoms with Crippen molar-refractivity contribution in [1.82, 2.24) is 15.1 Å². The van der Waals surface area contributed by atoms with E-state index in [2.05, 4.69) is 17.3 Å². The van der Waals surface area contributed by atoms with Crippen LogP contribution < -0.4 is 5.32 Å². The van der Waals surface area contributed by atoms with Gasteiger partial charge in [0.15, 0.2) is 0 Å². The molecule has 0 amide bonds. The Morgan fingerprint density at radius 2 is 2.19 bits per heavy atom. The monoisotopic (exact) mass is 289 g/mol. The Balaban J connectivity index is 2.11. The Bertz CT molecular complexity index is 577. The molecular weight excluding hydrogens is 265 g/mol. The second-order valence-corrected chi connectivity index (χ2v) is 5.57. The van der Waals surface area contributed by atoms with Gasteiger partial charge in [-0.3, -0.25) is 4.68 Å². The van der Waals surface area contributed by atoms with E-state index in [0.717, 1.165) is 36.9 Å². The number of nitrogens with one attached hydrogen (secondary N) is 1. The molecule has 1 unspecified atom stereocenters. The fraction of sp³-hybridized carbons (Fsp3) is 0.471. The number of aryl methyl sites for hydroxylation is 3. The summed E-state index contributed by atoms with van der Waals surface area (Å²) in [6.07, 6.45) is 6.88. The maximum Gasteiger partial charge on any atom is 0.123 e. The van der Waals surface area contributed by atoms with E-state index in [1.807, 2.05) is 37.1 Å². The van der Waals surface area contributed by atoms with Gasteiger partial charge in [0.1, 0.15) is 5.82 Å². The minimum atomic E-state index is -0.166. The summed E-state index contributed by atoms with van der Waals surface area (Å²) in [6.45, 7) is 5.12. The van der Waals surface area contributed by atoms with Gasteiger partial charge in [0, 0.05) is 19.3 Å². The zero-order valence-corrected chi connectivity index (χ0v) is 13.1. The fourth-order valence-corrected chi connectivity index (χ4v) is 2.58. The van der Waals surface area contributed by atoms with Crippen LogP contribution in [0, 0.1) is 12.7 Å². The molecule has 0 aliphatic carbocycles. The number of benzene rings is 1. The van der Waals surface area contributed by atoms with Crippen LogP contribution in [0.2, 0.25) is 0 Å². The van der Waals surface area contributed by atoms with Crippen LogP contribution in [-0.2, 0) is 13.5 Å². The van der Waals surface area contributed by atoms with Crippen molar-refractivity contribution in [3.05, 3.63) is 53.1 Å². The third kappa shape index (κ3) is 4.39. The number of halogens is 1. The molecule has 0 aliphatic heterocycles. The number of nitrogens with zero attached hydrogens (tertiary/aromatic N) is 2. The smallest absolute Gasteiger partial charge is 0.123 e. The van der Waals surface area contributed by atoms with Crippen molar-refractivity contribution in [3.63, 3.8) is 0 Å². The summed E-state index contributed by atoms with van der Waals surface area (Å²) in [4.78, 5) is 0. The molecule has 2 rings (SSSR count). The van der Waals surface area contributed by atoms with Crippen molar-refractivity contribution in [2.24, 2.45) is 7.05 Å². The van der Waals surface area contributed by atoms with Crippen molar-refractivity contribution >= 4 is 0 Å². The third-order valence-corrected chi connectivity index (χ3v) is 3.74. The Kier molecular flexibility index (Phi) is 5.51. The first-order chi connectivity index (χ1) is 10.1. The minimum absolute atomic E-state index is 0.166. The lowest BCUT2D eigenvalue weighted by Gasteiger charge is -2.21. The molecule has 114 valence electrons. The summed E-state index contributed by atoms with van der Waals surface area (Å²) >= 11 is 0. The number of hydrogen-bond donors (Lipinski definition) is 1. The number of rotatable bonds is 7. The van der Waals surface area contributed by atoms with E-state index in [1.54, 1.807) is 6.07 Å². The van der Waals surface area contributed by atoms with Gasteiger partial charge < -0.3 is 5.32 Å². The molecular formula is C17H24FN3. The molecule has 0 aliphatic rings. The largest absolute Gasteiger partial charge is 0.310 e. The first kappa shape index (κ1) is 15.7. The third-order valence-electron chi connectivity index (χ3n) is 3.74. The molecule has 21 heavy (non-hydrogen) atoms. The Labute approximate surface area is 126 Å². The average Bonchev–Trinajstić information content (AvgIpc) is 2.88. The zero-order chi connectivity index (χ0) is 15.2. The topological polar surface area (TPSA) is 29.9 Å². The zero-order valence-electron chi connectivity index (χ0n) is 13.1. The molecule has 1 heterocycles. The SMILES string of the molecule is CCCNC(CCc1cnn(C)c1)c1cc(F)ccc1C. The molecule has 1 atom stereocenters. The van der Waals surface area contributed by atoms with Crippen LogP contribution in [0.3, 0.4) is 0 Å². The Hall–Kier alpha value is -1.68. The lowest BCUT2D eigenvalue weighted by Crippen LogP contribution is -2.23. The first-order valence-corrected chi connectivity index (χ1v) is 7.57. The van der Waals surface area contributed by atoms with E-state index < -0.39 is 0 Å². The summed E-state index contributed by atoms with van der Waals surface area (Å²) < 4.78 is 15.4. The molecule has 2 aromatic rings. The molecule has 0 bridgehead atoms. The van der Waals surface area contributed by atoms with E-state index in [0.29, 0.717) is 0 Å². The van der Waals surface area contributed by atoms with Gasteiger partial charge in [-0.1, -0.05) is 13.0 Å². The van der Waals surface area contributed by atoms with Crippen LogP contribution in [0.1, 0.15) is 42.5 Å². The molecule has 0 saturated carbocycles. The summed E-state index contributed by atoms with van der Waals surface area (Å²) in [5.41, 5.74) is 3.42. The lowest BCUT2D eigenvalue weighted by atomic mass is 9.96. The van der Waals surface area contributed by atoms with Crippen LogP contribution in [0.15, 0.2) is 30.6 Å². The summed E-state index contributed by atoms with van der Waals surface area (Å²) in [7, 11) is 1.92. The molecule has 1 N–H and O–H groups in total. The van der Waals surface area contributed by atoms with Crippen LogP contribution in [0.5, 0.6) is 0 Å². The van der Waals surface area contributed by atoms with Crippen LogP contribution in [0.4, 0.5) is 4.39 Å². The van der Waals surface area contributed by atoms with Gasteiger partial charge in [-0.05, 0) is 61.6 Å². The summed E-state index contributed by atoms with van der Waals surface area (Å²) in [5.74, 6) is -0.166. The lowest BCUT2D eigenvalue weighted by molar-refractivity contribution is 0.493. The predicted octanol–water partition coefficient (Wildman–Crippen LogP) is 3.54. The standard InChI is InChI=1S/C17H24FN3/c1-4-9-19-17(8-6-14-11-20-21(3)12-14)16-10-15(18)7-5-13(16)2/h5,7,10-12,17,19H,4,6,8-9H2,1-3H3. The van der Waals surface area contributed by atoms with E-state index >= 15 is 0 Å². The van der Waals surface area contributed by atoms with Gasteiger partial charge in [-0.2, -0.15) is 5.10 Å². The first-order valence-electron chi connectivity index (χ1n) is 7.57. The maximum atomic E-state index is 13.6. The van der Waals surface area contributed by atoms with Crippen LogP contribution in [-0.4, -0.2) is 16.3 Å². The molecule has 1 aromatic carbocycles. The quantitative estimate of drug-likeness (QED) is 0.845. The molecule has 0 spiro atoms. The molecule has 0 radical (unpaired) electrons. The van der Waals surface area contributed by atoms with Crippen molar-refractivity contribution < 1.29 is 4.39 Å². The molecule has 1 aromatic heterocycles. The van der Waals surface area contributed by atoms with Crippen molar-refractivity contribution in [2.75, 3.05) is 6.54 Å². The number of hydrogen-bond acceptors (Lipinski definition) is 2. The highest BCUT2D eigenvalue weighted by molar-refractivity contribution is 5.29. The van der Waals surface area contributed by atoms with E-state index in [4.69, 9.17) is 0 Å². The fourth-order valence-electron chi connectivity index (χ4n) is 2.58. The normalized spacial score (nSPS) is 12.6. The van der Waals surface area contributed by atoms with Gasteiger partial charge in [0.05, 0.1) is 6.20 Å². The van der Waals surface area contributed by atoms with Crippen LogP contribution >= 0.6 is 0 Å². The highest BCUT2D eigenvalue weighted by Gasteiger charge is 2.14. The summed E-state index contributed by atoms with van der Waals surface area (Å²) in [5, 5.41) is 7.73. The average molecular weight is 289 g/mol. The molecule has 3 nitrogen and oxygen atoms in total. The van der Waals surface area contributed by atoms with E-state index in [9.17, 15) is 4.39 Å². The van der Waals surface area contributed by atoms with Gasteiger partial charge in [-0.15, -0.1) is 0 Å². The Morgan fingerprint density at radius 3 is 2.86 bits per heavy atom. The predicted molar refractivity (Wildman–Crippen MR) is 83.7 cm³/mol. The van der Waals surface area contributed by atoms with Crippen molar-refractivity contribution in [1.29, 1.82) is 0 Å². The van der Waals surface area contributed by atoms with Crippen molar-refractivity contribution in [3.8, 4) is 0 Å².